The van der Waals surface area contributed by atoms with Gasteiger partial charge >= 0.3 is 5.69 Å². The van der Waals surface area contributed by atoms with Crippen LogP contribution < -0.4 is 20.7 Å². The summed E-state index contributed by atoms with van der Waals surface area (Å²) >= 11 is 0. The van der Waals surface area contributed by atoms with E-state index < -0.39 is 23.2 Å². The van der Waals surface area contributed by atoms with E-state index in [0.29, 0.717) is 17.1 Å². The van der Waals surface area contributed by atoms with Crippen LogP contribution in [0.4, 0.5) is 0 Å². The number of rotatable bonds is 7. The lowest BCUT2D eigenvalue weighted by Gasteiger charge is -2.23. The summed E-state index contributed by atoms with van der Waals surface area (Å²) in [5.74, 6) is 0.272. The quantitative estimate of drug-likeness (QED) is 0.644. The third-order valence-electron chi connectivity index (χ3n) is 5.04. The van der Waals surface area contributed by atoms with Gasteiger partial charge in [0.05, 0.1) is 26.0 Å². The highest BCUT2D eigenvalue weighted by atomic mass is 16.5. The van der Waals surface area contributed by atoms with Crippen LogP contribution in [0, 0.1) is 0 Å². The van der Waals surface area contributed by atoms with Gasteiger partial charge in [0.2, 0.25) is 11.8 Å². The molecule has 10 nitrogen and oxygen atoms in total. The molecule has 1 aromatic carbocycles. The predicted molar refractivity (Wildman–Crippen MR) is 114 cm³/mol. The summed E-state index contributed by atoms with van der Waals surface area (Å²) in [5.41, 5.74) is -0.911. The summed E-state index contributed by atoms with van der Waals surface area (Å²) in [6.07, 6.45) is 1.71. The van der Waals surface area contributed by atoms with Gasteiger partial charge in [-0.15, -0.1) is 6.58 Å². The van der Waals surface area contributed by atoms with Gasteiger partial charge in [-0.05, 0) is 18.2 Å². The number of methoxy groups -OCH3 is 2. The van der Waals surface area contributed by atoms with Crippen molar-refractivity contribution in [3.8, 4) is 17.4 Å². The molecule has 1 atom stereocenters. The first-order chi connectivity index (χ1) is 14.9. The van der Waals surface area contributed by atoms with Crippen molar-refractivity contribution >= 4 is 11.6 Å². The van der Waals surface area contributed by atoms with E-state index in [1.807, 2.05) is 0 Å². The number of aromatic nitrogens is 2. The number of hydrogen-bond acceptors (Lipinski definition) is 7. The van der Waals surface area contributed by atoms with Crippen LogP contribution in [0.2, 0.25) is 0 Å². The number of ether oxygens (including phenoxy) is 2. The lowest BCUT2D eigenvalue weighted by molar-refractivity contribution is -0.132. The van der Waals surface area contributed by atoms with Gasteiger partial charge in [0, 0.05) is 24.9 Å². The molecule has 31 heavy (non-hydrogen) atoms. The lowest BCUT2D eigenvalue weighted by Crippen LogP contribution is -2.33. The molecule has 164 valence electrons. The van der Waals surface area contributed by atoms with Gasteiger partial charge in [-0.3, -0.25) is 19.1 Å². The zero-order chi connectivity index (χ0) is 22.7. The number of hydrogen-bond donors (Lipinski definition) is 2. The van der Waals surface area contributed by atoms with Crippen LogP contribution in [-0.4, -0.2) is 45.5 Å². The lowest BCUT2D eigenvalue weighted by atomic mass is 9.98. The SMILES string of the molecule is C=CCn1c(O)c(C2=NN(C(=O)CC)C(c3cc(OC)ccc3OC)C2)c(=O)[nH]c1=O. The molecule has 2 aromatic rings. The van der Waals surface area contributed by atoms with Gasteiger partial charge in [-0.1, -0.05) is 13.0 Å². The van der Waals surface area contributed by atoms with Crippen molar-refractivity contribution in [3.05, 3.63) is 62.8 Å². The topological polar surface area (TPSA) is 126 Å². The molecule has 1 aliphatic heterocycles. The van der Waals surface area contributed by atoms with E-state index in [4.69, 9.17) is 9.47 Å². The maximum Gasteiger partial charge on any atom is 0.331 e. The van der Waals surface area contributed by atoms with Crippen molar-refractivity contribution in [3.63, 3.8) is 0 Å². The zero-order valence-electron chi connectivity index (χ0n) is 17.5. The van der Waals surface area contributed by atoms with E-state index in [2.05, 4.69) is 16.7 Å². The molecule has 0 radical (unpaired) electrons. The zero-order valence-corrected chi connectivity index (χ0v) is 17.5. The predicted octanol–water partition coefficient (Wildman–Crippen LogP) is 1.53. The average Bonchev–Trinajstić information content (AvgIpc) is 3.20. The van der Waals surface area contributed by atoms with Gasteiger partial charge in [0.25, 0.3) is 5.56 Å². The molecule has 10 heteroatoms. The van der Waals surface area contributed by atoms with Crippen molar-refractivity contribution < 1.29 is 19.4 Å². The molecule has 0 saturated heterocycles. The number of carbonyl (C=O) groups excluding carboxylic acids is 1. The maximum atomic E-state index is 12.7. The Balaban J connectivity index is 2.16. The second-order valence-electron chi connectivity index (χ2n) is 6.82. The Morgan fingerprint density at radius 1 is 1.35 bits per heavy atom. The molecule has 0 saturated carbocycles. The van der Waals surface area contributed by atoms with Crippen molar-refractivity contribution in [1.29, 1.82) is 0 Å². The molecular weight excluding hydrogens is 404 g/mol. The maximum absolute atomic E-state index is 12.7. The molecule has 2 N–H and O–H groups in total. The highest BCUT2D eigenvalue weighted by molar-refractivity contribution is 6.04. The van der Waals surface area contributed by atoms with Gasteiger partial charge < -0.3 is 14.6 Å². The third kappa shape index (κ3) is 3.96. The van der Waals surface area contributed by atoms with Crippen LogP contribution in [0.1, 0.15) is 36.9 Å². The number of nitrogens with zero attached hydrogens (tertiary/aromatic N) is 3. The van der Waals surface area contributed by atoms with E-state index in [1.165, 1.54) is 25.3 Å². The number of aromatic hydroxyl groups is 1. The summed E-state index contributed by atoms with van der Waals surface area (Å²) in [5, 5.41) is 16.3. The van der Waals surface area contributed by atoms with Crippen molar-refractivity contribution in [2.75, 3.05) is 14.2 Å². The van der Waals surface area contributed by atoms with Crippen molar-refractivity contribution in [2.45, 2.75) is 32.4 Å². The van der Waals surface area contributed by atoms with E-state index in [1.54, 1.807) is 25.1 Å². The smallest absolute Gasteiger partial charge is 0.331 e. The molecule has 0 aliphatic carbocycles. The van der Waals surface area contributed by atoms with E-state index in [0.717, 1.165) is 4.57 Å². The molecule has 0 spiro atoms. The standard InChI is InChI=1S/C21H24N4O6/c1-5-9-24-20(28)18(19(27)22-21(24)29)14-11-15(25(23-14)17(26)6-2)13-10-12(30-3)7-8-16(13)31-4/h5,7-8,10,15,28H,1,6,9,11H2,2-4H3,(H,22,27,29). The largest absolute Gasteiger partial charge is 0.497 e. The molecule has 1 amide bonds. The molecule has 0 fully saturated rings. The van der Waals surface area contributed by atoms with Crippen molar-refractivity contribution in [1.82, 2.24) is 14.6 Å². The molecule has 1 aliphatic rings. The fraction of sp³-hybridized carbons (Fsp3) is 0.333. The highest BCUT2D eigenvalue weighted by Crippen LogP contribution is 2.39. The van der Waals surface area contributed by atoms with Gasteiger partial charge in [-0.25, -0.2) is 9.80 Å². The Bertz CT molecular complexity index is 1160. The number of H-pyrrole nitrogens is 1. The number of allylic oxidation sites excluding steroid dienone is 1. The number of benzene rings is 1. The van der Waals surface area contributed by atoms with Gasteiger partial charge in [-0.2, -0.15) is 5.10 Å². The van der Waals surface area contributed by atoms with E-state index >= 15 is 0 Å². The summed E-state index contributed by atoms with van der Waals surface area (Å²) in [7, 11) is 3.03. The van der Waals surface area contributed by atoms with E-state index in [-0.39, 0.29) is 36.6 Å². The molecule has 0 bridgehead atoms. The van der Waals surface area contributed by atoms with Crippen LogP contribution >= 0.6 is 0 Å². The number of hydrazone groups is 1. The highest BCUT2D eigenvalue weighted by Gasteiger charge is 2.36. The normalized spacial score (nSPS) is 15.5. The first kappa shape index (κ1) is 21.9. The van der Waals surface area contributed by atoms with Crippen molar-refractivity contribution in [2.24, 2.45) is 5.10 Å². The Morgan fingerprint density at radius 3 is 2.71 bits per heavy atom. The van der Waals surface area contributed by atoms with Gasteiger partial charge in [0.1, 0.15) is 17.1 Å². The molecule has 2 heterocycles. The summed E-state index contributed by atoms with van der Waals surface area (Å²) in [6.45, 7) is 5.24. The van der Waals surface area contributed by atoms with Crippen LogP contribution in [0.25, 0.3) is 0 Å². The monoisotopic (exact) mass is 428 g/mol. The van der Waals surface area contributed by atoms with Crippen LogP contribution in [0.5, 0.6) is 17.4 Å². The summed E-state index contributed by atoms with van der Waals surface area (Å²) < 4.78 is 11.7. The second-order valence-corrected chi connectivity index (χ2v) is 6.82. The first-order valence-corrected chi connectivity index (χ1v) is 9.65. The molecule has 1 aromatic heterocycles. The number of nitrogens with one attached hydrogen (secondary N) is 1. The minimum Gasteiger partial charge on any atom is -0.497 e. The molecular formula is C21H24N4O6. The Morgan fingerprint density at radius 2 is 2.10 bits per heavy atom. The molecule has 3 rings (SSSR count). The number of aromatic amines is 1. The first-order valence-electron chi connectivity index (χ1n) is 9.65. The fourth-order valence-corrected chi connectivity index (χ4v) is 3.51. The Labute approximate surface area is 178 Å². The summed E-state index contributed by atoms with van der Waals surface area (Å²) in [6, 6.07) is 4.59. The molecule has 1 unspecified atom stereocenters. The number of amides is 1. The fourth-order valence-electron chi connectivity index (χ4n) is 3.51. The minimum atomic E-state index is -0.788. The summed E-state index contributed by atoms with van der Waals surface area (Å²) in [4.78, 5) is 39.4. The Kier molecular flexibility index (Phi) is 6.28. The number of carbonyl (C=O) groups is 1. The minimum absolute atomic E-state index is 0.00747. The second kappa shape index (κ2) is 8.90. The van der Waals surface area contributed by atoms with E-state index in [9.17, 15) is 19.5 Å². The van der Waals surface area contributed by atoms with Gasteiger partial charge in [0.15, 0.2) is 0 Å². The van der Waals surface area contributed by atoms with Crippen LogP contribution in [-0.2, 0) is 11.3 Å². The van der Waals surface area contributed by atoms with Crippen LogP contribution in [0.15, 0.2) is 45.5 Å². The third-order valence-corrected chi connectivity index (χ3v) is 5.04. The average molecular weight is 428 g/mol. The Hall–Kier alpha value is -3.82. The van der Waals surface area contributed by atoms with Crippen LogP contribution in [0.3, 0.4) is 0 Å².